The Morgan fingerprint density at radius 1 is 1.13 bits per heavy atom. The molecule has 1 aromatic carbocycles. The molecular weight excluding hydrogens is 482 g/mol. The van der Waals surface area contributed by atoms with Crippen molar-refractivity contribution < 1.29 is 9.90 Å². The number of rotatable bonds is 4. The molecule has 3 fully saturated rings. The lowest BCUT2D eigenvalue weighted by Gasteiger charge is -2.53. The summed E-state index contributed by atoms with van der Waals surface area (Å²) in [5.74, 6) is 1.41. The molecule has 3 aliphatic rings. The minimum Gasteiger partial charge on any atom is -0.387 e. The molecule has 2 saturated heterocycles. The van der Waals surface area contributed by atoms with E-state index in [-0.39, 0.29) is 24.2 Å². The van der Waals surface area contributed by atoms with Crippen LogP contribution in [-0.2, 0) is 6.54 Å². The predicted octanol–water partition coefficient (Wildman–Crippen LogP) is 3.29. The number of amides is 2. The van der Waals surface area contributed by atoms with Crippen molar-refractivity contribution >= 4 is 6.03 Å². The summed E-state index contributed by atoms with van der Waals surface area (Å²) in [5, 5.41) is 19.3. The molecule has 2 N–H and O–H groups in total. The van der Waals surface area contributed by atoms with Crippen LogP contribution in [0.15, 0.2) is 47.5 Å². The first-order valence-electron chi connectivity index (χ1n) is 13.7. The van der Waals surface area contributed by atoms with Gasteiger partial charge in [-0.1, -0.05) is 43.2 Å². The molecule has 6 rings (SSSR count). The number of nitrogens with one attached hydrogen (secondary N) is 1. The number of carbonyl (C=O) groups excluding carboxylic acids is 1. The molecule has 1 spiro atoms. The highest BCUT2D eigenvalue weighted by atomic mass is 16.3. The molecule has 0 radical (unpaired) electrons. The largest absolute Gasteiger partial charge is 0.387 e. The predicted molar refractivity (Wildman–Crippen MR) is 141 cm³/mol. The number of piperidine rings is 1. The van der Waals surface area contributed by atoms with Crippen LogP contribution in [0.3, 0.4) is 0 Å². The Morgan fingerprint density at radius 2 is 1.92 bits per heavy atom. The van der Waals surface area contributed by atoms with E-state index in [4.69, 9.17) is 0 Å². The number of nitrogens with zero attached hydrogens (tertiary/aromatic N) is 6. The molecule has 1 saturated carbocycles. The molecule has 1 aliphatic carbocycles. The minimum atomic E-state index is -1.09. The average Bonchev–Trinajstić information content (AvgIpc) is 3.69. The van der Waals surface area contributed by atoms with E-state index in [1.807, 2.05) is 47.1 Å². The van der Waals surface area contributed by atoms with Gasteiger partial charge in [0.05, 0.1) is 30.2 Å². The van der Waals surface area contributed by atoms with Gasteiger partial charge in [0.1, 0.15) is 5.82 Å². The fourth-order valence-corrected chi connectivity index (χ4v) is 6.81. The Balaban J connectivity index is 1.22. The SMILES string of the molecule is Cc1nc([C@@H]2CCCN2C(=O)N2CCC(O)(Cn3cnc(-c4ccccc4)cc3=O)C3(CCCC3)C2)n[nH]1. The molecule has 4 heterocycles. The van der Waals surface area contributed by atoms with Gasteiger partial charge in [0.25, 0.3) is 5.56 Å². The van der Waals surface area contributed by atoms with Crippen LogP contribution in [0.4, 0.5) is 4.79 Å². The normalized spacial score (nSPS) is 24.8. The van der Waals surface area contributed by atoms with E-state index >= 15 is 0 Å². The second-order valence-corrected chi connectivity index (χ2v) is 11.2. The van der Waals surface area contributed by atoms with Gasteiger partial charge in [-0.25, -0.2) is 14.8 Å². The van der Waals surface area contributed by atoms with E-state index in [9.17, 15) is 14.7 Å². The summed E-state index contributed by atoms with van der Waals surface area (Å²) in [6.07, 6.45) is 7.42. The van der Waals surface area contributed by atoms with E-state index in [0.717, 1.165) is 49.9 Å². The first kappa shape index (κ1) is 24.8. The topological polar surface area (TPSA) is 120 Å². The Morgan fingerprint density at radius 3 is 2.63 bits per heavy atom. The van der Waals surface area contributed by atoms with Crippen LogP contribution in [0.1, 0.15) is 62.6 Å². The number of carbonyl (C=O) groups is 1. The van der Waals surface area contributed by atoms with Gasteiger partial charge in [0, 0.05) is 36.7 Å². The molecule has 1 unspecified atom stereocenters. The Kier molecular flexibility index (Phi) is 6.29. The number of aromatic nitrogens is 5. The molecule has 3 aromatic rings. The highest BCUT2D eigenvalue weighted by Crippen LogP contribution is 2.52. The second-order valence-electron chi connectivity index (χ2n) is 11.2. The number of benzene rings is 1. The molecule has 38 heavy (non-hydrogen) atoms. The summed E-state index contributed by atoms with van der Waals surface area (Å²) >= 11 is 0. The fraction of sp³-hybridized carbons (Fsp3) is 0.536. The Labute approximate surface area is 221 Å². The minimum absolute atomic E-state index is 0.00525. The first-order valence-corrected chi connectivity index (χ1v) is 13.7. The van der Waals surface area contributed by atoms with E-state index in [1.165, 1.54) is 10.6 Å². The van der Waals surface area contributed by atoms with Crippen LogP contribution in [0.5, 0.6) is 0 Å². The van der Waals surface area contributed by atoms with E-state index in [1.54, 1.807) is 6.33 Å². The lowest BCUT2D eigenvalue weighted by Crippen LogP contribution is -2.63. The molecule has 2 aliphatic heterocycles. The lowest BCUT2D eigenvalue weighted by atomic mass is 9.66. The molecule has 200 valence electrons. The molecule has 0 bridgehead atoms. The van der Waals surface area contributed by atoms with Gasteiger partial charge in [0.15, 0.2) is 5.82 Å². The van der Waals surface area contributed by atoms with Gasteiger partial charge in [-0.2, -0.15) is 5.10 Å². The summed E-state index contributed by atoms with van der Waals surface area (Å²) in [6.45, 7) is 3.65. The lowest BCUT2D eigenvalue weighted by molar-refractivity contribution is -0.136. The maximum absolute atomic E-state index is 13.8. The van der Waals surface area contributed by atoms with E-state index < -0.39 is 11.0 Å². The maximum atomic E-state index is 13.8. The van der Waals surface area contributed by atoms with Gasteiger partial charge >= 0.3 is 6.03 Å². The monoisotopic (exact) mass is 517 g/mol. The standard InChI is InChI=1S/C28H35N7O3/c1-20-30-25(32-31-20)23-10-7-14-35(23)26(37)33-15-13-28(38,27(17-33)11-5-6-12-27)18-34-19-29-22(16-24(34)36)21-8-3-2-4-9-21/h2-4,8-9,16,19,23,38H,5-7,10-15,17-18H2,1H3,(H,30,31,32)/t23-,28?/m0/s1. The number of likely N-dealkylation sites (tertiary alicyclic amines) is 2. The van der Waals surface area contributed by atoms with Gasteiger partial charge in [-0.05, 0) is 39.0 Å². The third kappa shape index (κ3) is 4.30. The average molecular weight is 518 g/mol. The number of urea groups is 1. The van der Waals surface area contributed by atoms with Gasteiger partial charge in [0.2, 0.25) is 0 Å². The van der Waals surface area contributed by atoms with Crippen molar-refractivity contribution in [2.45, 2.75) is 70.1 Å². The highest BCUT2D eigenvalue weighted by molar-refractivity contribution is 5.75. The van der Waals surface area contributed by atoms with Crippen LogP contribution in [0.25, 0.3) is 11.3 Å². The zero-order chi connectivity index (χ0) is 26.3. The van der Waals surface area contributed by atoms with Crippen molar-refractivity contribution in [3.63, 3.8) is 0 Å². The van der Waals surface area contributed by atoms with Gasteiger partial charge in [-0.3, -0.25) is 14.5 Å². The molecule has 2 amide bonds. The van der Waals surface area contributed by atoms with E-state index in [2.05, 4.69) is 20.2 Å². The summed E-state index contributed by atoms with van der Waals surface area (Å²) in [5.41, 5.74) is -0.215. The van der Waals surface area contributed by atoms with Crippen molar-refractivity contribution in [2.24, 2.45) is 5.41 Å². The number of aliphatic hydroxyl groups is 1. The van der Waals surface area contributed by atoms with Crippen LogP contribution < -0.4 is 5.56 Å². The van der Waals surface area contributed by atoms with Crippen molar-refractivity contribution in [3.05, 3.63) is 64.7 Å². The third-order valence-corrected chi connectivity index (χ3v) is 8.90. The number of H-pyrrole nitrogens is 1. The van der Waals surface area contributed by atoms with Crippen molar-refractivity contribution in [3.8, 4) is 11.3 Å². The number of hydrogen-bond donors (Lipinski definition) is 2. The van der Waals surface area contributed by atoms with Crippen LogP contribution in [-0.4, -0.2) is 70.9 Å². The van der Waals surface area contributed by atoms with Crippen LogP contribution in [0.2, 0.25) is 0 Å². The first-order chi connectivity index (χ1) is 18.4. The molecule has 2 atom stereocenters. The molecular formula is C28H35N7O3. The zero-order valence-electron chi connectivity index (χ0n) is 21.8. The van der Waals surface area contributed by atoms with Gasteiger partial charge < -0.3 is 14.9 Å². The molecule has 2 aromatic heterocycles. The summed E-state index contributed by atoms with van der Waals surface area (Å²) in [7, 11) is 0. The summed E-state index contributed by atoms with van der Waals surface area (Å²) in [4.78, 5) is 39.7. The van der Waals surface area contributed by atoms with Crippen LogP contribution >= 0.6 is 0 Å². The smallest absolute Gasteiger partial charge is 0.320 e. The Bertz CT molecular complexity index is 1360. The summed E-state index contributed by atoms with van der Waals surface area (Å²) in [6, 6.07) is 11.0. The second kappa shape index (κ2) is 9.65. The van der Waals surface area contributed by atoms with E-state index in [0.29, 0.717) is 37.6 Å². The van der Waals surface area contributed by atoms with Crippen molar-refractivity contribution in [1.29, 1.82) is 0 Å². The molecule has 10 heteroatoms. The van der Waals surface area contributed by atoms with Crippen molar-refractivity contribution in [1.82, 2.24) is 34.5 Å². The maximum Gasteiger partial charge on any atom is 0.320 e. The van der Waals surface area contributed by atoms with Crippen LogP contribution in [0, 0.1) is 12.3 Å². The quantitative estimate of drug-likeness (QED) is 0.548. The molecule has 10 nitrogen and oxygen atoms in total. The van der Waals surface area contributed by atoms with Crippen molar-refractivity contribution in [2.75, 3.05) is 19.6 Å². The zero-order valence-corrected chi connectivity index (χ0v) is 21.8. The Hall–Kier alpha value is -3.53. The number of aryl methyl sites for hydroxylation is 1. The highest BCUT2D eigenvalue weighted by Gasteiger charge is 2.56. The number of hydrogen-bond acceptors (Lipinski definition) is 6. The summed E-state index contributed by atoms with van der Waals surface area (Å²) < 4.78 is 1.53. The third-order valence-electron chi connectivity index (χ3n) is 8.90. The number of aromatic amines is 1. The van der Waals surface area contributed by atoms with Gasteiger partial charge in [-0.15, -0.1) is 0 Å². The fourth-order valence-electron chi connectivity index (χ4n) is 6.81.